The van der Waals surface area contributed by atoms with Crippen LogP contribution in [0.5, 0.6) is 0 Å². The summed E-state index contributed by atoms with van der Waals surface area (Å²) < 4.78 is 0. The van der Waals surface area contributed by atoms with E-state index in [1.807, 2.05) is 0 Å². The fourth-order valence-electron chi connectivity index (χ4n) is 3.97. The van der Waals surface area contributed by atoms with E-state index in [4.69, 9.17) is 0 Å². The summed E-state index contributed by atoms with van der Waals surface area (Å²) in [5.41, 5.74) is 5.13. The molecule has 0 amide bonds. The molecule has 0 aromatic heterocycles. The Balaban J connectivity index is 1.88. The van der Waals surface area contributed by atoms with Crippen LogP contribution >= 0.6 is 0 Å². The molecule has 0 aliphatic carbocycles. The zero-order chi connectivity index (χ0) is 15.5. The maximum Gasteiger partial charge on any atom is 0.0571 e. The molecule has 21 heavy (non-hydrogen) atoms. The molecule has 0 bridgehead atoms. The molecule has 2 aliphatic rings. The van der Waals surface area contributed by atoms with E-state index in [1.165, 1.54) is 32.0 Å². The monoisotopic (exact) mass is 301 g/mol. The highest BCUT2D eigenvalue weighted by Crippen LogP contribution is 2.47. The number of hydrogen-bond donors (Lipinski definition) is 0. The van der Waals surface area contributed by atoms with Crippen molar-refractivity contribution >= 4 is 8.07 Å². The Morgan fingerprint density at radius 1 is 1.24 bits per heavy atom. The highest BCUT2D eigenvalue weighted by Gasteiger charge is 2.44. The van der Waals surface area contributed by atoms with Crippen molar-refractivity contribution in [2.45, 2.75) is 76.8 Å². The number of rotatable bonds is 2. The molecule has 1 atom stereocenters. The van der Waals surface area contributed by atoms with Crippen LogP contribution in [0.25, 0.3) is 0 Å². The van der Waals surface area contributed by atoms with Crippen molar-refractivity contribution in [3.8, 4) is 0 Å². The van der Waals surface area contributed by atoms with Crippen LogP contribution in [0.4, 0.5) is 0 Å². The van der Waals surface area contributed by atoms with Gasteiger partial charge in [0, 0.05) is 12.1 Å². The molecule has 0 radical (unpaired) electrons. The average Bonchev–Trinajstić information content (AvgIpc) is 2.80. The summed E-state index contributed by atoms with van der Waals surface area (Å²) in [6, 6.07) is 8.70. The van der Waals surface area contributed by atoms with Crippen molar-refractivity contribution in [2.24, 2.45) is 0 Å². The van der Waals surface area contributed by atoms with Gasteiger partial charge in [0.15, 0.2) is 0 Å². The molecule has 1 aromatic rings. The van der Waals surface area contributed by atoms with Gasteiger partial charge >= 0.3 is 0 Å². The van der Waals surface area contributed by atoms with Crippen molar-refractivity contribution < 1.29 is 0 Å². The van der Waals surface area contributed by atoms with Crippen LogP contribution in [0.15, 0.2) is 18.2 Å². The van der Waals surface area contributed by atoms with Crippen molar-refractivity contribution in [1.29, 1.82) is 0 Å². The number of benzene rings is 1. The van der Waals surface area contributed by atoms with E-state index in [9.17, 15) is 0 Å². The highest BCUT2D eigenvalue weighted by atomic mass is 28.3. The summed E-state index contributed by atoms with van der Waals surface area (Å²) in [5, 5.41) is 0.470. The van der Waals surface area contributed by atoms with E-state index in [-0.39, 0.29) is 0 Å². The van der Waals surface area contributed by atoms with Crippen LogP contribution in [-0.2, 0) is 18.1 Å². The molecule has 2 heterocycles. The molecule has 0 saturated carbocycles. The normalized spacial score (nSPS) is 26.0. The van der Waals surface area contributed by atoms with E-state index in [0.717, 1.165) is 0 Å². The number of hydrogen-bond acceptors (Lipinski definition) is 1. The van der Waals surface area contributed by atoms with Crippen molar-refractivity contribution in [1.82, 2.24) is 4.90 Å². The Morgan fingerprint density at radius 2 is 1.95 bits per heavy atom. The van der Waals surface area contributed by atoms with Gasteiger partial charge in [0.05, 0.1) is 8.07 Å². The zero-order valence-electron chi connectivity index (χ0n) is 14.7. The van der Waals surface area contributed by atoms with E-state index in [2.05, 4.69) is 63.9 Å². The van der Waals surface area contributed by atoms with E-state index < -0.39 is 8.07 Å². The SMILES string of the molecule is CC12CCCN1Cc1cc(C[Si](C)(C)C(C)(C)C)ccc12. The first-order valence-corrected chi connectivity index (χ1v) is 11.7. The van der Waals surface area contributed by atoms with Crippen LogP contribution in [0.1, 0.15) is 57.2 Å². The van der Waals surface area contributed by atoms with Crippen molar-refractivity contribution in [3.63, 3.8) is 0 Å². The Morgan fingerprint density at radius 3 is 2.62 bits per heavy atom. The maximum absolute atomic E-state index is 2.69. The lowest BCUT2D eigenvalue weighted by Crippen LogP contribution is -2.39. The van der Waals surface area contributed by atoms with E-state index in [1.54, 1.807) is 16.7 Å². The fourth-order valence-corrected chi connectivity index (χ4v) is 5.74. The third-order valence-corrected chi connectivity index (χ3v) is 11.9. The Kier molecular flexibility index (Phi) is 3.42. The van der Waals surface area contributed by atoms with Gasteiger partial charge in [-0.05, 0) is 48.5 Å². The predicted molar refractivity (Wildman–Crippen MR) is 94.3 cm³/mol. The molecule has 1 saturated heterocycles. The zero-order valence-corrected chi connectivity index (χ0v) is 15.7. The maximum atomic E-state index is 2.69. The summed E-state index contributed by atoms with van der Waals surface area (Å²) in [7, 11) is -1.24. The van der Waals surface area contributed by atoms with Gasteiger partial charge < -0.3 is 0 Å². The highest BCUT2D eigenvalue weighted by molar-refractivity contribution is 6.79. The lowest BCUT2D eigenvalue weighted by atomic mass is 9.89. The van der Waals surface area contributed by atoms with Gasteiger partial charge in [-0.15, -0.1) is 0 Å². The van der Waals surface area contributed by atoms with Crippen LogP contribution < -0.4 is 0 Å². The van der Waals surface area contributed by atoms with Crippen LogP contribution in [0, 0.1) is 0 Å². The molecular formula is C19H31NSi. The van der Waals surface area contributed by atoms with E-state index >= 15 is 0 Å². The molecule has 1 nitrogen and oxygen atoms in total. The molecule has 0 spiro atoms. The van der Waals surface area contributed by atoms with Gasteiger partial charge in [0.2, 0.25) is 0 Å². The third kappa shape index (κ3) is 2.41. The second kappa shape index (κ2) is 4.69. The average molecular weight is 302 g/mol. The van der Waals surface area contributed by atoms with Gasteiger partial charge in [-0.1, -0.05) is 57.6 Å². The third-order valence-electron chi connectivity index (χ3n) is 6.58. The molecule has 3 rings (SSSR count). The second-order valence-corrected chi connectivity index (χ2v) is 14.7. The van der Waals surface area contributed by atoms with Gasteiger partial charge in [-0.3, -0.25) is 4.90 Å². The summed E-state index contributed by atoms with van der Waals surface area (Å²) in [5.74, 6) is 0. The molecule has 0 N–H and O–H groups in total. The Labute approximate surface area is 131 Å². The summed E-state index contributed by atoms with van der Waals surface area (Å²) in [6.45, 7) is 17.2. The largest absolute Gasteiger partial charge is 0.290 e. The molecule has 1 fully saturated rings. The summed E-state index contributed by atoms with van der Waals surface area (Å²) in [6.07, 6.45) is 2.70. The first-order chi connectivity index (χ1) is 9.63. The minimum atomic E-state index is -1.24. The standard InChI is InChI=1S/C19H31NSi/c1-18(2,3)21(5,6)14-15-8-9-17-16(12-15)13-20-11-7-10-19(17,20)4/h8-9,12H,7,10-11,13-14H2,1-6H3. The molecule has 116 valence electrons. The summed E-state index contributed by atoms with van der Waals surface area (Å²) in [4.78, 5) is 2.69. The van der Waals surface area contributed by atoms with E-state index in [0.29, 0.717) is 10.6 Å². The quantitative estimate of drug-likeness (QED) is 0.687. The van der Waals surface area contributed by atoms with Gasteiger partial charge in [-0.2, -0.15) is 0 Å². The first kappa shape index (κ1) is 15.3. The molecule has 2 aliphatic heterocycles. The topological polar surface area (TPSA) is 3.24 Å². The van der Waals surface area contributed by atoms with Gasteiger partial charge in [0.1, 0.15) is 0 Å². The number of fused-ring (bicyclic) bond motifs is 3. The van der Waals surface area contributed by atoms with Crippen LogP contribution in [0.2, 0.25) is 18.1 Å². The first-order valence-electron chi connectivity index (χ1n) is 8.51. The second-order valence-electron chi connectivity index (χ2n) is 9.10. The van der Waals surface area contributed by atoms with Gasteiger partial charge in [-0.25, -0.2) is 0 Å². The lowest BCUT2D eigenvalue weighted by molar-refractivity contribution is 0.178. The predicted octanol–water partition coefficient (Wildman–Crippen LogP) is 5.10. The van der Waals surface area contributed by atoms with Crippen molar-refractivity contribution in [2.75, 3.05) is 6.54 Å². The van der Waals surface area contributed by atoms with Gasteiger partial charge in [0.25, 0.3) is 0 Å². The number of nitrogens with zero attached hydrogens (tertiary/aromatic N) is 1. The summed E-state index contributed by atoms with van der Waals surface area (Å²) >= 11 is 0. The molecule has 1 unspecified atom stereocenters. The van der Waals surface area contributed by atoms with Crippen molar-refractivity contribution in [3.05, 3.63) is 34.9 Å². The Bertz CT molecular complexity index is 555. The lowest BCUT2D eigenvalue weighted by Gasteiger charge is -2.37. The van der Waals surface area contributed by atoms with Crippen LogP contribution in [-0.4, -0.2) is 19.5 Å². The minimum absolute atomic E-state index is 0.338. The van der Waals surface area contributed by atoms with Crippen LogP contribution in [0.3, 0.4) is 0 Å². The molecule has 2 heteroatoms. The minimum Gasteiger partial charge on any atom is -0.290 e. The Hall–Kier alpha value is -0.603. The fraction of sp³-hybridized carbons (Fsp3) is 0.684. The molecular weight excluding hydrogens is 270 g/mol. The smallest absolute Gasteiger partial charge is 0.0571 e. The molecule has 1 aromatic carbocycles.